The quantitative estimate of drug-likeness (QED) is 0.543. The first-order chi connectivity index (χ1) is 5.61. The molecule has 0 aromatic carbocycles. The van der Waals surface area contributed by atoms with Crippen LogP contribution in [0.1, 0.15) is 25.7 Å². The zero-order chi connectivity index (χ0) is 9.14. The van der Waals surface area contributed by atoms with E-state index in [4.69, 9.17) is 16.6 Å². The van der Waals surface area contributed by atoms with Crippen LogP contribution in [0.2, 0.25) is 0 Å². The van der Waals surface area contributed by atoms with E-state index in [0.29, 0.717) is 0 Å². The summed E-state index contributed by atoms with van der Waals surface area (Å²) in [4.78, 5) is 10.5. The molecule has 1 aliphatic rings. The molecule has 0 aromatic heterocycles. The van der Waals surface area contributed by atoms with Gasteiger partial charge in [0.1, 0.15) is 6.04 Å². The lowest BCUT2D eigenvalue weighted by molar-refractivity contribution is -0.140. The van der Waals surface area contributed by atoms with E-state index in [0.717, 1.165) is 25.7 Å². The van der Waals surface area contributed by atoms with Crippen LogP contribution in [0.5, 0.6) is 0 Å². The monoisotopic (exact) mass is 172 g/mol. The fourth-order valence-electron chi connectivity index (χ4n) is 1.71. The van der Waals surface area contributed by atoms with Crippen LogP contribution in [0.25, 0.3) is 0 Å². The van der Waals surface area contributed by atoms with Crippen LogP contribution >= 0.6 is 0 Å². The van der Waals surface area contributed by atoms with E-state index in [-0.39, 0.29) is 12.0 Å². The summed E-state index contributed by atoms with van der Waals surface area (Å²) in [5.74, 6) is -0.766. The van der Waals surface area contributed by atoms with Gasteiger partial charge in [-0.2, -0.15) is 0 Å². The number of nitrogens with two attached hydrogens (primary N) is 2. The average molecular weight is 172 g/mol. The van der Waals surface area contributed by atoms with Crippen molar-refractivity contribution in [3.05, 3.63) is 0 Å². The highest BCUT2D eigenvalue weighted by Gasteiger charge is 2.27. The Labute approximate surface area is 71.9 Å². The third-order valence-corrected chi connectivity index (χ3v) is 2.61. The first-order valence-corrected chi connectivity index (χ1v) is 4.35. The van der Waals surface area contributed by atoms with Gasteiger partial charge in [-0.3, -0.25) is 4.79 Å². The Morgan fingerprint density at radius 2 is 1.83 bits per heavy atom. The fraction of sp³-hybridized carbons (Fsp3) is 0.875. The first-order valence-electron chi connectivity index (χ1n) is 4.35. The number of carboxylic acids is 1. The number of carbonyl (C=O) groups is 1. The summed E-state index contributed by atoms with van der Waals surface area (Å²) in [6, 6.07) is -0.445. The van der Waals surface area contributed by atoms with Crippen molar-refractivity contribution < 1.29 is 9.90 Å². The molecule has 0 aliphatic heterocycles. The molecule has 0 saturated heterocycles. The maximum atomic E-state index is 10.5. The maximum Gasteiger partial charge on any atom is 0.320 e. The fourth-order valence-corrected chi connectivity index (χ4v) is 1.71. The van der Waals surface area contributed by atoms with Crippen molar-refractivity contribution in [1.82, 2.24) is 0 Å². The Morgan fingerprint density at radius 3 is 2.25 bits per heavy atom. The minimum Gasteiger partial charge on any atom is -0.480 e. The number of rotatable bonds is 2. The molecular formula is C8H16N2O2. The maximum absolute atomic E-state index is 10.5. The van der Waals surface area contributed by atoms with Gasteiger partial charge in [0.15, 0.2) is 0 Å². The molecule has 4 heteroatoms. The molecule has 70 valence electrons. The van der Waals surface area contributed by atoms with Gasteiger partial charge in [-0.1, -0.05) is 0 Å². The number of aliphatic carboxylic acids is 1. The SMILES string of the molecule is NC1CCC(C(N)C(=O)O)CC1. The van der Waals surface area contributed by atoms with Crippen LogP contribution in [0.4, 0.5) is 0 Å². The Balaban J connectivity index is 2.39. The summed E-state index contributed by atoms with van der Waals surface area (Å²) in [5.41, 5.74) is 11.2. The van der Waals surface area contributed by atoms with Crippen molar-refractivity contribution in [2.24, 2.45) is 17.4 Å². The third-order valence-electron chi connectivity index (χ3n) is 2.61. The topological polar surface area (TPSA) is 89.3 Å². The molecule has 0 heterocycles. The van der Waals surface area contributed by atoms with Gasteiger partial charge in [0, 0.05) is 6.04 Å². The molecule has 0 radical (unpaired) electrons. The van der Waals surface area contributed by atoms with Gasteiger partial charge < -0.3 is 16.6 Å². The molecule has 1 unspecified atom stereocenters. The lowest BCUT2D eigenvalue weighted by Gasteiger charge is -2.28. The minimum atomic E-state index is -0.893. The molecule has 1 saturated carbocycles. The van der Waals surface area contributed by atoms with E-state index in [1.165, 1.54) is 0 Å². The highest BCUT2D eigenvalue weighted by Crippen LogP contribution is 2.25. The third kappa shape index (κ3) is 2.19. The van der Waals surface area contributed by atoms with Crippen LogP contribution in [0, 0.1) is 5.92 Å². The summed E-state index contributed by atoms with van der Waals surface area (Å²) in [7, 11) is 0. The minimum absolute atomic E-state index is 0.127. The highest BCUT2D eigenvalue weighted by atomic mass is 16.4. The van der Waals surface area contributed by atoms with Gasteiger partial charge in [0.2, 0.25) is 0 Å². The molecule has 0 amide bonds. The van der Waals surface area contributed by atoms with E-state index < -0.39 is 12.0 Å². The predicted octanol–water partition coefficient (Wildman–Crippen LogP) is -0.0842. The lowest BCUT2D eigenvalue weighted by atomic mass is 9.82. The van der Waals surface area contributed by atoms with E-state index in [1.807, 2.05) is 0 Å². The second kappa shape index (κ2) is 3.87. The molecule has 0 bridgehead atoms. The summed E-state index contributed by atoms with van der Waals surface area (Å²) >= 11 is 0. The van der Waals surface area contributed by atoms with Crippen molar-refractivity contribution in [2.75, 3.05) is 0 Å². The van der Waals surface area contributed by atoms with Crippen molar-refractivity contribution in [1.29, 1.82) is 0 Å². The molecule has 1 aliphatic carbocycles. The van der Waals surface area contributed by atoms with Crippen LogP contribution < -0.4 is 11.5 Å². The highest BCUT2D eigenvalue weighted by molar-refractivity contribution is 5.73. The molecule has 0 spiro atoms. The van der Waals surface area contributed by atoms with E-state index in [1.54, 1.807) is 0 Å². The summed E-state index contributed by atoms with van der Waals surface area (Å²) in [6.45, 7) is 0. The molecule has 1 atom stereocenters. The Morgan fingerprint density at radius 1 is 1.33 bits per heavy atom. The van der Waals surface area contributed by atoms with Gasteiger partial charge in [-0.15, -0.1) is 0 Å². The number of hydrogen-bond donors (Lipinski definition) is 3. The zero-order valence-electron chi connectivity index (χ0n) is 7.07. The summed E-state index contributed by atoms with van der Waals surface area (Å²) in [6.07, 6.45) is 3.53. The molecule has 1 fully saturated rings. The van der Waals surface area contributed by atoms with Crippen LogP contribution in [-0.2, 0) is 4.79 Å². The van der Waals surface area contributed by atoms with E-state index >= 15 is 0 Å². The average Bonchev–Trinajstić information content (AvgIpc) is 2.04. The van der Waals surface area contributed by atoms with Crippen molar-refractivity contribution >= 4 is 5.97 Å². The Hall–Kier alpha value is -0.610. The number of carboxylic acid groups (broad SMARTS) is 1. The standard InChI is InChI=1S/C8H16N2O2/c9-6-3-1-5(2-4-6)7(10)8(11)12/h5-7H,1-4,9-10H2,(H,11,12). The normalized spacial score (nSPS) is 32.8. The van der Waals surface area contributed by atoms with Crippen LogP contribution in [-0.4, -0.2) is 23.2 Å². The first kappa shape index (κ1) is 9.48. The predicted molar refractivity (Wildman–Crippen MR) is 45.5 cm³/mol. The van der Waals surface area contributed by atoms with Gasteiger partial charge >= 0.3 is 5.97 Å². The number of hydrogen-bond acceptors (Lipinski definition) is 3. The second-order valence-corrected chi connectivity index (χ2v) is 3.54. The van der Waals surface area contributed by atoms with Gasteiger partial charge in [0.05, 0.1) is 0 Å². The summed E-state index contributed by atoms with van der Waals surface area (Å²) in [5, 5.41) is 8.64. The Bertz CT molecular complexity index is 164. The van der Waals surface area contributed by atoms with Gasteiger partial charge in [-0.05, 0) is 31.6 Å². The zero-order valence-corrected chi connectivity index (χ0v) is 7.07. The molecule has 1 rings (SSSR count). The smallest absolute Gasteiger partial charge is 0.320 e. The Kier molecular flexibility index (Phi) is 3.05. The van der Waals surface area contributed by atoms with Crippen molar-refractivity contribution in [2.45, 2.75) is 37.8 Å². The van der Waals surface area contributed by atoms with Gasteiger partial charge in [0.25, 0.3) is 0 Å². The lowest BCUT2D eigenvalue weighted by Crippen LogP contribution is -2.41. The molecule has 12 heavy (non-hydrogen) atoms. The molecule has 0 aromatic rings. The second-order valence-electron chi connectivity index (χ2n) is 3.54. The van der Waals surface area contributed by atoms with Gasteiger partial charge in [-0.25, -0.2) is 0 Å². The molecule has 5 N–H and O–H groups in total. The molecule has 4 nitrogen and oxygen atoms in total. The van der Waals surface area contributed by atoms with Crippen molar-refractivity contribution in [3.63, 3.8) is 0 Å². The largest absolute Gasteiger partial charge is 0.480 e. The van der Waals surface area contributed by atoms with Crippen LogP contribution in [0.15, 0.2) is 0 Å². The molecular weight excluding hydrogens is 156 g/mol. The van der Waals surface area contributed by atoms with Crippen molar-refractivity contribution in [3.8, 4) is 0 Å². The summed E-state index contributed by atoms with van der Waals surface area (Å²) < 4.78 is 0. The van der Waals surface area contributed by atoms with E-state index in [9.17, 15) is 4.79 Å². The van der Waals surface area contributed by atoms with Crippen LogP contribution in [0.3, 0.4) is 0 Å². The van der Waals surface area contributed by atoms with E-state index in [2.05, 4.69) is 0 Å².